The van der Waals surface area contributed by atoms with Crippen molar-refractivity contribution < 1.29 is 8.42 Å². The lowest BCUT2D eigenvalue weighted by atomic mass is 10.2. The molecule has 0 bridgehead atoms. The highest BCUT2D eigenvalue weighted by atomic mass is 79.9. The molecule has 1 aromatic carbocycles. The number of sulfonamides is 1. The van der Waals surface area contributed by atoms with Crippen LogP contribution in [0.1, 0.15) is 19.8 Å². The van der Waals surface area contributed by atoms with Gasteiger partial charge in [0.05, 0.1) is 5.02 Å². The van der Waals surface area contributed by atoms with E-state index in [9.17, 15) is 8.42 Å². The first kappa shape index (κ1) is 15.0. The summed E-state index contributed by atoms with van der Waals surface area (Å²) in [6.07, 6.45) is 1.72. The molecule has 1 unspecified atom stereocenters. The lowest BCUT2D eigenvalue weighted by Gasteiger charge is -2.10. The Kier molecular flexibility index (Phi) is 5.92. The van der Waals surface area contributed by atoms with Crippen LogP contribution in [0.25, 0.3) is 0 Å². The molecule has 0 saturated carbocycles. The predicted octanol–water partition coefficient (Wildman–Crippen LogP) is 3.18. The lowest BCUT2D eigenvalue weighted by Crippen LogP contribution is -2.26. The average Bonchev–Trinajstić information content (AvgIpc) is 2.28. The van der Waals surface area contributed by atoms with Gasteiger partial charge in [-0.25, -0.2) is 13.1 Å². The van der Waals surface area contributed by atoms with Crippen LogP contribution in [0.5, 0.6) is 0 Å². The van der Waals surface area contributed by atoms with Crippen molar-refractivity contribution in [2.75, 3.05) is 6.54 Å². The fourth-order valence-corrected chi connectivity index (χ4v) is 3.09. The summed E-state index contributed by atoms with van der Waals surface area (Å²) in [4.78, 5) is 0.459. The molecule has 0 aliphatic heterocycles. The van der Waals surface area contributed by atoms with Crippen molar-refractivity contribution in [3.8, 4) is 0 Å². The second-order valence-corrected chi connectivity index (χ2v) is 7.06. The zero-order chi connectivity index (χ0) is 12.9. The van der Waals surface area contributed by atoms with E-state index in [2.05, 4.69) is 20.7 Å². The Morgan fingerprint density at radius 1 is 1.41 bits per heavy atom. The van der Waals surface area contributed by atoms with Gasteiger partial charge < -0.3 is 0 Å². The number of rotatable bonds is 6. The van der Waals surface area contributed by atoms with E-state index in [0.717, 1.165) is 12.8 Å². The molecule has 17 heavy (non-hydrogen) atoms. The van der Waals surface area contributed by atoms with Gasteiger partial charge in [-0.3, -0.25) is 0 Å². The van der Waals surface area contributed by atoms with Crippen molar-refractivity contribution >= 4 is 37.6 Å². The summed E-state index contributed by atoms with van der Waals surface area (Å²) in [6.45, 7) is 2.44. The topological polar surface area (TPSA) is 46.2 Å². The Morgan fingerprint density at radius 2 is 2.06 bits per heavy atom. The molecule has 1 aromatic rings. The molecule has 0 radical (unpaired) electrons. The minimum absolute atomic E-state index is 0.129. The van der Waals surface area contributed by atoms with E-state index in [1.165, 1.54) is 6.07 Å². The van der Waals surface area contributed by atoms with Gasteiger partial charge in [0.15, 0.2) is 0 Å². The third-order valence-electron chi connectivity index (χ3n) is 2.32. The highest BCUT2D eigenvalue weighted by Crippen LogP contribution is 2.20. The molecule has 0 heterocycles. The number of hydrogen-bond donors (Lipinski definition) is 1. The van der Waals surface area contributed by atoms with Crippen molar-refractivity contribution in [1.29, 1.82) is 0 Å². The van der Waals surface area contributed by atoms with E-state index in [1.807, 2.05) is 6.92 Å². The molecular formula is C11H15BrClNO2S. The molecule has 96 valence electrons. The molecule has 0 amide bonds. The van der Waals surface area contributed by atoms with Crippen LogP contribution >= 0.6 is 27.5 Å². The normalized spacial score (nSPS) is 13.6. The summed E-state index contributed by atoms with van der Waals surface area (Å²) >= 11 is 9.30. The maximum absolute atomic E-state index is 11.9. The number of nitrogens with one attached hydrogen (secondary N) is 1. The fraction of sp³-hybridized carbons (Fsp3) is 0.455. The highest BCUT2D eigenvalue weighted by molar-refractivity contribution is 9.09. The molecule has 3 nitrogen and oxygen atoms in total. The third kappa shape index (κ3) is 4.58. The quantitative estimate of drug-likeness (QED) is 0.808. The smallest absolute Gasteiger partial charge is 0.211 e. The van der Waals surface area contributed by atoms with Crippen molar-refractivity contribution in [3.63, 3.8) is 0 Å². The average molecular weight is 341 g/mol. The second-order valence-electron chi connectivity index (χ2n) is 3.62. The standard InChI is InChI=1S/C11H15BrClNO2S/c1-2-9(12)7-8-14-17(15,16)11-6-4-3-5-10(11)13/h3-6,9,14H,2,7-8H2,1H3. The molecule has 0 aliphatic carbocycles. The first-order valence-corrected chi connectivity index (χ1v) is 8.13. The van der Waals surface area contributed by atoms with Crippen LogP contribution in [-0.2, 0) is 10.0 Å². The third-order valence-corrected chi connectivity index (χ3v) is 5.38. The highest BCUT2D eigenvalue weighted by Gasteiger charge is 2.16. The number of halogens is 2. The van der Waals surface area contributed by atoms with E-state index >= 15 is 0 Å². The molecule has 0 saturated heterocycles. The lowest BCUT2D eigenvalue weighted by molar-refractivity contribution is 0.577. The molecule has 1 N–H and O–H groups in total. The molecule has 1 atom stereocenters. The minimum Gasteiger partial charge on any atom is -0.211 e. The van der Waals surface area contributed by atoms with Gasteiger partial charge in [0, 0.05) is 11.4 Å². The van der Waals surface area contributed by atoms with E-state index in [4.69, 9.17) is 11.6 Å². The van der Waals surface area contributed by atoms with Crippen LogP contribution in [0.4, 0.5) is 0 Å². The molecule has 0 fully saturated rings. The largest absolute Gasteiger partial charge is 0.242 e. The van der Waals surface area contributed by atoms with Gasteiger partial charge in [0.2, 0.25) is 10.0 Å². The summed E-state index contributed by atoms with van der Waals surface area (Å²) in [5.74, 6) is 0. The van der Waals surface area contributed by atoms with Crippen molar-refractivity contribution in [3.05, 3.63) is 29.3 Å². The van der Waals surface area contributed by atoms with Crippen molar-refractivity contribution in [2.24, 2.45) is 0 Å². The molecular weight excluding hydrogens is 326 g/mol. The van der Waals surface area contributed by atoms with Crippen LogP contribution in [0.15, 0.2) is 29.2 Å². The maximum atomic E-state index is 11.9. The molecule has 1 rings (SSSR count). The zero-order valence-corrected chi connectivity index (χ0v) is 12.6. The van der Waals surface area contributed by atoms with Crippen LogP contribution in [0.2, 0.25) is 5.02 Å². The molecule has 6 heteroatoms. The van der Waals surface area contributed by atoms with Gasteiger partial charge in [0.25, 0.3) is 0 Å². The summed E-state index contributed by atoms with van der Waals surface area (Å²) in [7, 11) is -3.50. The van der Waals surface area contributed by atoms with Gasteiger partial charge in [-0.1, -0.05) is 46.6 Å². The van der Waals surface area contributed by atoms with Crippen LogP contribution in [0.3, 0.4) is 0 Å². The molecule has 0 spiro atoms. The molecule has 0 aromatic heterocycles. The number of hydrogen-bond acceptors (Lipinski definition) is 2. The maximum Gasteiger partial charge on any atom is 0.242 e. The SMILES string of the molecule is CCC(Br)CCNS(=O)(=O)c1ccccc1Cl. The van der Waals surface area contributed by atoms with Crippen LogP contribution in [-0.4, -0.2) is 19.8 Å². The van der Waals surface area contributed by atoms with E-state index in [-0.39, 0.29) is 9.92 Å². The van der Waals surface area contributed by atoms with Gasteiger partial charge >= 0.3 is 0 Å². The number of alkyl halides is 1. The Labute approximate surface area is 116 Å². The molecule has 0 aliphatic rings. The van der Waals surface area contributed by atoms with Crippen LogP contribution < -0.4 is 4.72 Å². The van der Waals surface area contributed by atoms with Gasteiger partial charge in [0.1, 0.15) is 4.90 Å². The summed E-state index contributed by atoms with van der Waals surface area (Å²) in [5, 5.41) is 0.242. The minimum atomic E-state index is -3.50. The second kappa shape index (κ2) is 6.73. The zero-order valence-electron chi connectivity index (χ0n) is 9.49. The van der Waals surface area contributed by atoms with E-state index in [0.29, 0.717) is 11.4 Å². The van der Waals surface area contributed by atoms with Gasteiger partial charge in [-0.15, -0.1) is 0 Å². The van der Waals surface area contributed by atoms with E-state index < -0.39 is 10.0 Å². The van der Waals surface area contributed by atoms with Gasteiger partial charge in [-0.05, 0) is 25.0 Å². The first-order valence-electron chi connectivity index (χ1n) is 5.35. The first-order chi connectivity index (χ1) is 7.97. The fourth-order valence-electron chi connectivity index (χ4n) is 1.29. The monoisotopic (exact) mass is 339 g/mol. The Morgan fingerprint density at radius 3 is 2.65 bits per heavy atom. The summed E-state index contributed by atoms with van der Waals surface area (Å²) in [6, 6.07) is 6.41. The van der Waals surface area contributed by atoms with Crippen molar-refractivity contribution in [2.45, 2.75) is 29.5 Å². The Hall–Kier alpha value is -0.100. The summed E-state index contributed by atoms with van der Waals surface area (Å²) < 4.78 is 26.4. The Bertz CT molecular complexity index is 464. The van der Waals surface area contributed by atoms with Gasteiger partial charge in [-0.2, -0.15) is 0 Å². The predicted molar refractivity (Wildman–Crippen MR) is 74.3 cm³/mol. The van der Waals surface area contributed by atoms with Crippen LogP contribution in [0, 0.1) is 0 Å². The Balaban J connectivity index is 2.67. The number of benzene rings is 1. The van der Waals surface area contributed by atoms with Crippen molar-refractivity contribution in [1.82, 2.24) is 4.72 Å². The summed E-state index contributed by atoms with van der Waals surface area (Å²) in [5.41, 5.74) is 0. The van der Waals surface area contributed by atoms with E-state index in [1.54, 1.807) is 18.2 Å².